The molecule has 0 saturated heterocycles. The van der Waals surface area contributed by atoms with Crippen LogP contribution in [0.3, 0.4) is 0 Å². The molecule has 1 heterocycles. The third-order valence-electron chi connectivity index (χ3n) is 5.15. The largest absolute Gasteiger partial charge is 0.508 e. The van der Waals surface area contributed by atoms with Crippen LogP contribution in [-0.2, 0) is 20.8 Å². The van der Waals surface area contributed by atoms with Crippen molar-refractivity contribution < 1.29 is 29.4 Å². The number of benzene rings is 1. The number of phenolic OH excluding ortho intramolecular Hbond substituents is 2. The predicted octanol–water partition coefficient (Wildman–Crippen LogP) is 4.61. The van der Waals surface area contributed by atoms with Gasteiger partial charge in [-0.25, -0.2) is 4.79 Å². The van der Waals surface area contributed by atoms with Gasteiger partial charge in [0.2, 0.25) is 0 Å². The van der Waals surface area contributed by atoms with Crippen LogP contribution in [0.1, 0.15) is 62.9 Å². The summed E-state index contributed by atoms with van der Waals surface area (Å²) in [7, 11) is 0. The lowest BCUT2D eigenvalue weighted by atomic mass is 10.00. The van der Waals surface area contributed by atoms with E-state index in [1.165, 1.54) is 6.07 Å². The number of hydrogen-bond acceptors (Lipinski definition) is 7. The lowest BCUT2D eigenvalue weighted by Crippen LogP contribution is -2.39. The zero-order valence-corrected chi connectivity index (χ0v) is 21.2. The van der Waals surface area contributed by atoms with E-state index >= 15 is 0 Å². The van der Waals surface area contributed by atoms with Gasteiger partial charge in [0.05, 0.1) is 12.3 Å². The fourth-order valence-electron chi connectivity index (χ4n) is 3.72. The predicted molar refractivity (Wildman–Crippen MR) is 136 cm³/mol. The molecule has 0 spiro atoms. The first-order chi connectivity index (χ1) is 16.7. The maximum atomic E-state index is 12.7. The average Bonchev–Trinajstić information content (AvgIpc) is 2.75. The van der Waals surface area contributed by atoms with Gasteiger partial charge in [0, 0.05) is 25.6 Å². The van der Waals surface area contributed by atoms with Gasteiger partial charge in [0.1, 0.15) is 17.1 Å². The Morgan fingerprint density at radius 3 is 2.40 bits per heavy atom. The maximum absolute atomic E-state index is 12.7. The van der Waals surface area contributed by atoms with E-state index < -0.39 is 5.97 Å². The highest BCUT2D eigenvalue weighted by Gasteiger charge is 2.21. The summed E-state index contributed by atoms with van der Waals surface area (Å²) in [5.74, 6) is -0.721. The Hall–Kier alpha value is -3.29. The summed E-state index contributed by atoms with van der Waals surface area (Å²) < 4.78 is 5.30. The van der Waals surface area contributed by atoms with Crippen LogP contribution in [0.5, 0.6) is 11.5 Å². The number of hydrogen-bond donors (Lipinski definition) is 2. The number of phenols is 2. The second-order valence-corrected chi connectivity index (χ2v) is 9.49. The number of carbonyl (C=O) groups is 2. The molecule has 0 radical (unpaired) electrons. The molecule has 1 amide bonds. The van der Waals surface area contributed by atoms with Crippen molar-refractivity contribution in [2.75, 3.05) is 26.3 Å². The molecule has 192 valence electrons. The molecule has 1 aromatic rings. The highest BCUT2D eigenvalue weighted by atomic mass is 16.6. The molecule has 1 aliphatic heterocycles. The van der Waals surface area contributed by atoms with Gasteiger partial charge in [0.15, 0.2) is 6.61 Å². The minimum atomic E-state index is -0.680. The molecule has 0 aromatic heterocycles. The molecule has 0 aliphatic carbocycles. The zero-order valence-electron chi connectivity index (χ0n) is 21.2. The first kappa shape index (κ1) is 28.0. The van der Waals surface area contributed by atoms with Crippen LogP contribution in [0.4, 0.5) is 0 Å². The molecule has 0 atom stereocenters. The van der Waals surface area contributed by atoms with Gasteiger partial charge < -0.3 is 24.7 Å². The van der Waals surface area contributed by atoms with Crippen molar-refractivity contribution in [1.29, 1.82) is 0 Å². The first-order valence-electron chi connectivity index (χ1n) is 12.2. The molecule has 1 aliphatic rings. The third kappa shape index (κ3) is 9.84. The molecule has 2 N–H and O–H groups in total. The standard InChI is InChI=1S/C27H38N2O6/c1-19(2)16-29(17-20(3)4)25(32)18-35-28-22-11-9-7-5-6-8-10-12-34-27(33)26-21(13-22)14-23(30)15-24(26)31/h6,8-9,11,14-15,19-20,30-31H,5,7,10,12-13,16-18H2,1-4H3/b8-6+,11-9+,28-22-. The number of fused-ring (bicyclic) bond motifs is 1. The van der Waals surface area contributed by atoms with Crippen LogP contribution in [0, 0.1) is 11.8 Å². The molecular weight excluding hydrogens is 448 g/mol. The lowest BCUT2D eigenvalue weighted by molar-refractivity contribution is -0.137. The van der Waals surface area contributed by atoms with E-state index in [0.717, 1.165) is 18.9 Å². The summed E-state index contributed by atoms with van der Waals surface area (Å²) in [6.07, 6.45) is 9.89. The van der Waals surface area contributed by atoms with Crippen LogP contribution in [0.2, 0.25) is 0 Å². The molecule has 0 bridgehead atoms. The van der Waals surface area contributed by atoms with Gasteiger partial charge in [-0.2, -0.15) is 0 Å². The van der Waals surface area contributed by atoms with E-state index in [9.17, 15) is 19.8 Å². The van der Waals surface area contributed by atoms with E-state index in [1.807, 2.05) is 18.2 Å². The second kappa shape index (κ2) is 14.2. The summed E-state index contributed by atoms with van der Waals surface area (Å²) in [4.78, 5) is 32.6. The monoisotopic (exact) mass is 486 g/mol. The Morgan fingerprint density at radius 2 is 1.71 bits per heavy atom. The summed E-state index contributed by atoms with van der Waals surface area (Å²) in [6, 6.07) is 2.49. The maximum Gasteiger partial charge on any atom is 0.342 e. The van der Waals surface area contributed by atoms with Gasteiger partial charge in [-0.15, -0.1) is 0 Å². The Labute approximate surface area is 207 Å². The highest BCUT2D eigenvalue weighted by Crippen LogP contribution is 2.29. The van der Waals surface area contributed by atoms with Crippen LogP contribution in [0.15, 0.2) is 41.6 Å². The number of nitrogens with zero attached hydrogens (tertiary/aromatic N) is 2. The molecule has 1 aromatic carbocycles. The minimum absolute atomic E-state index is 0.0268. The van der Waals surface area contributed by atoms with Crippen molar-refractivity contribution in [2.45, 2.75) is 53.4 Å². The number of amides is 1. The van der Waals surface area contributed by atoms with Crippen molar-refractivity contribution >= 4 is 17.6 Å². The molecule has 0 fully saturated rings. The van der Waals surface area contributed by atoms with E-state index in [0.29, 0.717) is 42.6 Å². The number of allylic oxidation sites excluding steroid dienone is 3. The molecule has 0 saturated carbocycles. The van der Waals surface area contributed by atoms with E-state index in [4.69, 9.17) is 9.57 Å². The van der Waals surface area contributed by atoms with E-state index in [-0.39, 0.29) is 42.6 Å². The number of aromatic hydroxyl groups is 2. The van der Waals surface area contributed by atoms with Crippen molar-refractivity contribution in [3.63, 3.8) is 0 Å². The number of esters is 1. The average molecular weight is 487 g/mol. The van der Waals surface area contributed by atoms with Crippen molar-refractivity contribution in [3.05, 3.63) is 47.6 Å². The molecule has 8 heteroatoms. The number of carbonyl (C=O) groups excluding carboxylic acids is 2. The van der Waals surface area contributed by atoms with Gasteiger partial charge in [0.25, 0.3) is 5.91 Å². The third-order valence-corrected chi connectivity index (χ3v) is 5.15. The van der Waals surface area contributed by atoms with Crippen LogP contribution >= 0.6 is 0 Å². The SMILES string of the molecule is CC(C)CN(CC(C)C)C(=O)CO/N=C1/C=C/CC/C=C/CCOC(=O)c2c(O)cc(O)cc2C1. The van der Waals surface area contributed by atoms with E-state index in [2.05, 4.69) is 32.9 Å². The van der Waals surface area contributed by atoms with Crippen LogP contribution in [0.25, 0.3) is 0 Å². The smallest absolute Gasteiger partial charge is 0.342 e. The fraction of sp³-hybridized carbons (Fsp3) is 0.519. The van der Waals surface area contributed by atoms with Crippen LogP contribution < -0.4 is 0 Å². The number of rotatable bonds is 7. The van der Waals surface area contributed by atoms with Crippen LogP contribution in [-0.4, -0.2) is 59.0 Å². The lowest BCUT2D eigenvalue weighted by Gasteiger charge is -2.25. The van der Waals surface area contributed by atoms with Crippen molar-refractivity contribution in [1.82, 2.24) is 4.90 Å². The molecular formula is C27H38N2O6. The Bertz CT molecular complexity index is 939. The zero-order chi connectivity index (χ0) is 25.8. The summed E-state index contributed by atoms with van der Waals surface area (Å²) in [5, 5.41) is 24.5. The minimum Gasteiger partial charge on any atom is -0.508 e. The molecule has 8 nitrogen and oxygen atoms in total. The first-order valence-corrected chi connectivity index (χ1v) is 12.2. The summed E-state index contributed by atoms with van der Waals surface area (Å²) in [6.45, 7) is 9.49. The van der Waals surface area contributed by atoms with Crippen molar-refractivity contribution in [3.8, 4) is 11.5 Å². The Balaban J connectivity index is 2.27. The number of cyclic esters (lactones) is 1. The topological polar surface area (TPSA) is 109 Å². The normalized spacial score (nSPS) is 18.0. The summed E-state index contributed by atoms with van der Waals surface area (Å²) >= 11 is 0. The van der Waals surface area contributed by atoms with E-state index in [1.54, 1.807) is 11.0 Å². The van der Waals surface area contributed by atoms with Gasteiger partial charge in [-0.3, -0.25) is 4.79 Å². The second-order valence-electron chi connectivity index (χ2n) is 9.49. The Morgan fingerprint density at radius 1 is 1.06 bits per heavy atom. The molecule has 0 unspecified atom stereocenters. The van der Waals surface area contributed by atoms with Gasteiger partial charge >= 0.3 is 5.97 Å². The van der Waals surface area contributed by atoms with Crippen molar-refractivity contribution in [2.24, 2.45) is 17.0 Å². The fourth-order valence-corrected chi connectivity index (χ4v) is 3.72. The molecule has 2 rings (SSSR count). The quantitative estimate of drug-likeness (QED) is 0.331. The molecule has 35 heavy (non-hydrogen) atoms. The number of ether oxygens (including phenoxy) is 1. The highest BCUT2D eigenvalue weighted by molar-refractivity contribution is 6.00. The van der Waals surface area contributed by atoms with Gasteiger partial charge in [-0.05, 0) is 48.8 Å². The summed E-state index contributed by atoms with van der Waals surface area (Å²) in [5.41, 5.74) is 0.762. The van der Waals surface area contributed by atoms with Gasteiger partial charge in [-0.1, -0.05) is 51.1 Å². The Kier molecular flexibility index (Phi) is 11.3. The number of oxime groups is 1.